The van der Waals surface area contributed by atoms with E-state index in [0.717, 1.165) is 16.1 Å². The molecule has 5 nitrogen and oxygen atoms in total. The predicted molar refractivity (Wildman–Crippen MR) is 94.1 cm³/mol. The first-order chi connectivity index (χ1) is 11.8. The van der Waals surface area contributed by atoms with Gasteiger partial charge in [0, 0.05) is 16.3 Å². The van der Waals surface area contributed by atoms with Crippen LogP contribution in [0, 0.1) is 0 Å². The number of benzene rings is 1. The highest BCUT2D eigenvalue weighted by atomic mass is 35.5. The Bertz CT molecular complexity index is 950. The molecule has 0 radical (unpaired) electrons. The Hall–Kier alpha value is -2.09. The topological polar surface area (TPSA) is 65.0 Å². The molecule has 120 valence electrons. The Balaban J connectivity index is 1.43. The maximum atomic E-state index is 5.97. The molecule has 1 aromatic carbocycles. The first-order valence-corrected chi connectivity index (χ1v) is 9.23. The monoisotopic (exact) mass is 375 g/mol. The van der Waals surface area contributed by atoms with Gasteiger partial charge in [-0.05, 0) is 29.6 Å². The highest BCUT2D eigenvalue weighted by Gasteiger charge is 2.12. The Labute approximate surface area is 150 Å². The highest BCUT2D eigenvalue weighted by molar-refractivity contribution is 7.98. The Kier molecular flexibility index (Phi) is 4.38. The van der Waals surface area contributed by atoms with Crippen LogP contribution in [0.4, 0.5) is 0 Å². The quantitative estimate of drug-likeness (QED) is 0.435. The average molecular weight is 376 g/mol. The molecule has 3 aromatic heterocycles. The van der Waals surface area contributed by atoms with Crippen LogP contribution in [0.25, 0.3) is 22.2 Å². The van der Waals surface area contributed by atoms with Gasteiger partial charge in [-0.25, -0.2) is 4.98 Å². The van der Waals surface area contributed by atoms with Crippen LogP contribution in [0.3, 0.4) is 0 Å². The standard InChI is InChI=1S/C16H10ClN3O2S2/c17-11-4-1-3-10(7-11)14-19-20-16(22-14)24-9-12-8-21-15(18-12)13-5-2-6-23-13/h1-8H,9H2. The van der Waals surface area contributed by atoms with Gasteiger partial charge in [-0.2, -0.15) is 0 Å². The summed E-state index contributed by atoms with van der Waals surface area (Å²) in [6.45, 7) is 0. The smallest absolute Gasteiger partial charge is 0.277 e. The largest absolute Gasteiger partial charge is 0.444 e. The van der Waals surface area contributed by atoms with E-state index < -0.39 is 0 Å². The minimum atomic E-state index is 0.444. The van der Waals surface area contributed by atoms with Gasteiger partial charge < -0.3 is 8.83 Å². The fourth-order valence-corrected chi connectivity index (χ4v) is 3.51. The van der Waals surface area contributed by atoms with Crippen LogP contribution in [0.15, 0.2) is 62.1 Å². The van der Waals surface area contributed by atoms with Gasteiger partial charge in [-0.15, -0.1) is 21.5 Å². The summed E-state index contributed by atoms with van der Waals surface area (Å²) in [6.07, 6.45) is 1.65. The number of rotatable bonds is 5. The highest BCUT2D eigenvalue weighted by Crippen LogP contribution is 2.28. The van der Waals surface area contributed by atoms with Crippen molar-refractivity contribution in [2.75, 3.05) is 0 Å². The summed E-state index contributed by atoms with van der Waals surface area (Å²) < 4.78 is 11.1. The number of hydrogen-bond acceptors (Lipinski definition) is 7. The number of thioether (sulfide) groups is 1. The molecular weight excluding hydrogens is 366 g/mol. The maximum absolute atomic E-state index is 5.97. The summed E-state index contributed by atoms with van der Waals surface area (Å²) in [4.78, 5) is 5.47. The first-order valence-electron chi connectivity index (χ1n) is 6.98. The zero-order valence-electron chi connectivity index (χ0n) is 12.2. The molecule has 0 amide bonds. The summed E-state index contributed by atoms with van der Waals surface area (Å²) in [5.41, 5.74) is 1.62. The zero-order chi connectivity index (χ0) is 16.4. The molecule has 8 heteroatoms. The lowest BCUT2D eigenvalue weighted by Crippen LogP contribution is -1.81. The fourth-order valence-electron chi connectivity index (χ4n) is 2.03. The third-order valence-electron chi connectivity index (χ3n) is 3.11. The van der Waals surface area contributed by atoms with E-state index in [2.05, 4.69) is 15.2 Å². The SMILES string of the molecule is Clc1cccc(-c2nnc(SCc3coc(-c4cccs4)n3)o2)c1. The van der Waals surface area contributed by atoms with Gasteiger partial charge in [-0.3, -0.25) is 0 Å². The van der Waals surface area contributed by atoms with E-state index in [1.165, 1.54) is 11.8 Å². The number of nitrogens with zero attached hydrogens (tertiary/aromatic N) is 3. The Morgan fingerprint density at radius 2 is 2.08 bits per heavy atom. The zero-order valence-corrected chi connectivity index (χ0v) is 14.6. The van der Waals surface area contributed by atoms with Crippen molar-refractivity contribution in [1.82, 2.24) is 15.2 Å². The molecule has 0 fully saturated rings. The van der Waals surface area contributed by atoms with Crippen molar-refractivity contribution in [3.63, 3.8) is 0 Å². The lowest BCUT2D eigenvalue weighted by Gasteiger charge is -1.94. The van der Waals surface area contributed by atoms with Crippen molar-refractivity contribution in [1.29, 1.82) is 0 Å². The molecule has 0 saturated carbocycles. The van der Waals surface area contributed by atoms with Gasteiger partial charge in [0.05, 0.1) is 10.6 Å². The van der Waals surface area contributed by atoms with Crippen molar-refractivity contribution in [2.45, 2.75) is 11.0 Å². The molecule has 0 spiro atoms. The molecule has 24 heavy (non-hydrogen) atoms. The molecule has 0 unspecified atom stereocenters. The number of aromatic nitrogens is 3. The van der Waals surface area contributed by atoms with E-state index in [1.54, 1.807) is 29.7 Å². The molecule has 0 atom stereocenters. The molecule has 0 aliphatic carbocycles. The number of halogens is 1. The van der Waals surface area contributed by atoms with Gasteiger partial charge in [-0.1, -0.05) is 35.5 Å². The third kappa shape index (κ3) is 3.38. The minimum Gasteiger partial charge on any atom is -0.444 e. The molecule has 0 bridgehead atoms. The van der Waals surface area contributed by atoms with Gasteiger partial charge in [0.25, 0.3) is 5.22 Å². The van der Waals surface area contributed by atoms with Crippen LogP contribution in [-0.2, 0) is 5.75 Å². The fraction of sp³-hybridized carbons (Fsp3) is 0.0625. The van der Waals surface area contributed by atoms with Crippen molar-refractivity contribution in [2.24, 2.45) is 0 Å². The van der Waals surface area contributed by atoms with Crippen molar-refractivity contribution < 1.29 is 8.83 Å². The second-order valence-corrected chi connectivity index (χ2v) is 7.10. The van der Waals surface area contributed by atoms with Gasteiger partial charge >= 0.3 is 0 Å². The van der Waals surface area contributed by atoms with Gasteiger partial charge in [0.1, 0.15) is 6.26 Å². The number of oxazole rings is 1. The summed E-state index contributed by atoms with van der Waals surface area (Å²) >= 11 is 8.98. The normalized spacial score (nSPS) is 11.0. The van der Waals surface area contributed by atoms with Gasteiger partial charge in [0.2, 0.25) is 11.8 Å². The maximum Gasteiger partial charge on any atom is 0.277 e. The molecular formula is C16H10ClN3O2S2. The summed E-state index contributed by atoms with van der Waals surface area (Å²) in [6, 6.07) is 11.2. The average Bonchev–Trinajstić information content (AvgIpc) is 3.33. The van der Waals surface area contributed by atoms with Crippen LogP contribution >= 0.6 is 34.7 Å². The molecule has 0 aliphatic heterocycles. The molecule has 4 aromatic rings. The molecule has 3 heterocycles. The van der Waals surface area contributed by atoms with Crippen LogP contribution in [0.1, 0.15) is 5.69 Å². The van der Waals surface area contributed by atoms with E-state index in [1.807, 2.05) is 29.6 Å². The second kappa shape index (κ2) is 6.80. The molecule has 4 rings (SSSR count). The van der Waals surface area contributed by atoms with Crippen LogP contribution in [0.5, 0.6) is 0 Å². The lowest BCUT2D eigenvalue weighted by molar-refractivity contribution is 0.466. The van der Waals surface area contributed by atoms with E-state index in [9.17, 15) is 0 Å². The Morgan fingerprint density at radius 3 is 2.92 bits per heavy atom. The summed E-state index contributed by atoms with van der Waals surface area (Å²) in [5.74, 6) is 1.66. The van der Waals surface area contributed by atoms with Crippen LogP contribution in [0.2, 0.25) is 5.02 Å². The lowest BCUT2D eigenvalue weighted by atomic mass is 10.2. The number of hydrogen-bond donors (Lipinski definition) is 0. The van der Waals surface area contributed by atoms with Crippen molar-refractivity contribution in [3.05, 3.63) is 58.8 Å². The van der Waals surface area contributed by atoms with E-state index in [-0.39, 0.29) is 0 Å². The minimum absolute atomic E-state index is 0.444. The Morgan fingerprint density at radius 1 is 1.12 bits per heavy atom. The van der Waals surface area contributed by atoms with Crippen LogP contribution < -0.4 is 0 Å². The van der Waals surface area contributed by atoms with Crippen molar-refractivity contribution in [3.8, 4) is 22.2 Å². The predicted octanol–water partition coefficient (Wildman–Crippen LogP) is 5.40. The first kappa shape index (κ1) is 15.4. The summed E-state index contributed by atoms with van der Waals surface area (Å²) in [5, 5.41) is 11.2. The van der Waals surface area contributed by atoms with Crippen molar-refractivity contribution >= 4 is 34.7 Å². The summed E-state index contributed by atoms with van der Waals surface area (Å²) in [7, 11) is 0. The molecule has 0 aliphatic rings. The van der Waals surface area contributed by atoms with Gasteiger partial charge in [0.15, 0.2) is 0 Å². The van der Waals surface area contributed by atoms with E-state index >= 15 is 0 Å². The molecule has 0 N–H and O–H groups in total. The van der Waals surface area contributed by atoms with E-state index in [0.29, 0.717) is 27.8 Å². The number of thiophene rings is 1. The third-order valence-corrected chi connectivity index (χ3v) is 5.05. The van der Waals surface area contributed by atoms with E-state index in [4.69, 9.17) is 20.4 Å². The second-order valence-electron chi connectivity index (χ2n) is 4.79. The molecule has 0 saturated heterocycles. The van der Waals surface area contributed by atoms with Crippen LogP contribution in [-0.4, -0.2) is 15.2 Å².